The van der Waals surface area contributed by atoms with Gasteiger partial charge in [-0.15, -0.1) is 0 Å². The minimum atomic E-state index is -4.65. The molecule has 3 N–H and O–H groups in total. The number of para-hydroxylation sites is 2. The van der Waals surface area contributed by atoms with E-state index in [-0.39, 0.29) is 17.6 Å². The topological polar surface area (TPSA) is 83.1 Å². The van der Waals surface area contributed by atoms with Gasteiger partial charge in [-0.1, -0.05) is 24.3 Å². The summed E-state index contributed by atoms with van der Waals surface area (Å²) in [6.45, 7) is 0. The van der Waals surface area contributed by atoms with E-state index in [0.29, 0.717) is 24.6 Å². The van der Waals surface area contributed by atoms with E-state index in [1.807, 2.05) is 5.32 Å². The van der Waals surface area contributed by atoms with Crippen molar-refractivity contribution in [2.24, 2.45) is 0 Å². The molecule has 1 aromatic heterocycles. The van der Waals surface area contributed by atoms with Gasteiger partial charge >= 0.3 is 18.0 Å². The molecule has 1 heterocycles. The number of halogens is 5. The molecule has 0 radical (unpaired) electrons. The second-order valence-electron chi connectivity index (χ2n) is 8.54. The number of anilines is 2. The summed E-state index contributed by atoms with van der Waals surface area (Å²) in [6, 6.07) is 9.71. The fourth-order valence-corrected chi connectivity index (χ4v) is 4.70. The number of benzene rings is 2. The SMILES string of the molecule is O=C(Nc1c(F)cccc1F)C(=O)N[C@@H]1CCC[C@@](S)(Nc2cc(C(F)(F)F)nc3ccccc23)C1. The second-order valence-corrected chi connectivity index (χ2v) is 9.40. The Bertz CT molecular complexity index is 1300. The molecule has 0 saturated heterocycles. The average molecular weight is 525 g/mol. The number of carbonyl (C=O) groups is 2. The van der Waals surface area contributed by atoms with Crippen molar-refractivity contribution in [1.29, 1.82) is 0 Å². The zero-order chi connectivity index (χ0) is 26.1. The molecule has 2 amide bonds. The highest BCUT2D eigenvalue weighted by atomic mass is 32.1. The number of hydrogen-bond acceptors (Lipinski definition) is 5. The fraction of sp³-hybridized carbons (Fsp3) is 0.292. The van der Waals surface area contributed by atoms with Crippen molar-refractivity contribution < 1.29 is 31.5 Å². The van der Waals surface area contributed by atoms with Gasteiger partial charge < -0.3 is 16.0 Å². The van der Waals surface area contributed by atoms with Crippen LogP contribution in [0, 0.1) is 11.6 Å². The summed E-state index contributed by atoms with van der Waals surface area (Å²) in [6.07, 6.45) is -3.01. The molecule has 12 heteroatoms. The quantitative estimate of drug-likeness (QED) is 0.162. The van der Waals surface area contributed by atoms with Crippen molar-refractivity contribution in [2.45, 2.75) is 42.8 Å². The van der Waals surface area contributed by atoms with Crippen LogP contribution in [0.25, 0.3) is 10.9 Å². The Morgan fingerprint density at radius 2 is 1.72 bits per heavy atom. The average Bonchev–Trinajstić information content (AvgIpc) is 2.80. The summed E-state index contributed by atoms with van der Waals surface area (Å²) < 4.78 is 67.8. The number of hydrogen-bond donors (Lipinski definition) is 4. The van der Waals surface area contributed by atoms with Gasteiger partial charge in [0.15, 0.2) is 0 Å². The predicted molar refractivity (Wildman–Crippen MR) is 127 cm³/mol. The van der Waals surface area contributed by atoms with Crippen molar-refractivity contribution in [1.82, 2.24) is 10.3 Å². The zero-order valence-corrected chi connectivity index (χ0v) is 19.5. The summed E-state index contributed by atoms with van der Waals surface area (Å²) >= 11 is 4.67. The summed E-state index contributed by atoms with van der Waals surface area (Å²) in [7, 11) is 0. The molecule has 4 rings (SSSR count). The number of carbonyl (C=O) groups excluding carboxylic acids is 2. The summed E-state index contributed by atoms with van der Waals surface area (Å²) in [4.78, 5) is 27.3. The van der Waals surface area contributed by atoms with Crippen LogP contribution >= 0.6 is 12.6 Å². The predicted octanol–water partition coefficient (Wildman–Crippen LogP) is 5.27. The van der Waals surface area contributed by atoms with E-state index in [4.69, 9.17) is 0 Å². The summed E-state index contributed by atoms with van der Waals surface area (Å²) in [5.41, 5.74) is -1.46. The Hall–Kier alpha value is -3.41. The number of nitrogens with zero attached hydrogens (tertiary/aromatic N) is 1. The molecular formula is C24H21F5N4O2S. The van der Waals surface area contributed by atoms with Crippen LogP contribution in [0.2, 0.25) is 0 Å². The number of nitrogens with one attached hydrogen (secondary N) is 3. The van der Waals surface area contributed by atoms with Crippen LogP contribution in [0.5, 0.6) is 0 Å². The lowest BCUT2D eigenvalue weighted by molar-refractivity contribution is -0.140. The second kappa shape index (κ2) is 9.92. The van der Waals surface area contributed by atoms with E-state index in [1.54, 1.807) is 18.2 Å². The first-order chi connectivity index (χ1) is 16.9. The van der Waals surface area contributed by atoms with Gasteiger partial charge in [0.25, 0.3) is 0 Å². The van der Waals surface area contributed by atoms with Crippen molar-refractivity contribution in [3.8, 4) is 0 Å². The molecule has 2 aromatic carbocycles. The molecule has 0 spiro atoms. The van der Waals surface area contributed by atoms with Crippen LogP contribution in [0.3, 0.4) is 0 Å². The Labute approximate surface area is 208 Å². The van der Waals surface area contributed by atoms with E-state index >= 15 is 0 Å². The molecule has 36 heavy (non-hydrogen) atoms. The highest BCUT2D eigenvalue weighted by molar-refractivity contribution is 7.82. The highest BCUT2D eigenvalue weighted by Gasteiger charge is 2.37. The number of alkyl halides is 3. The van der Waals surface area contributed by atoms with Gasteiger partial charge in [-0.3, -0.25) is 9.59 Å². The third kappa shape index (κ3) is 5.69. The van der Waals surface area contributed by atoms with E-state index in [2.05, 4.69) is 28.2 Å². The van der Waals surface area contributed by atoms with Crippen molar-refractivity contribution in [3.63, 3.8) is 0 Å². The number of fused-ring (bicyclic) bond motifs is 1. The molecule has 2 atom stereocenters. The first kappa shape index (κ1) is 25.7. The van der Waals surface area contributed by atoms with Gasteiger partial charge in [0.1, 0.15) is 23.0 Å². The molecule has 190 valence electrons. The molecule has 1 fully saturated rings. The molecule has 1 aliphatic carbocycles. The molecule has 3 aromatic rings. The first-order valence-electron chi connectivity index (χ1n) is 11.0. The maximum absolute atomic E-state index is 13.8. The molecule has 1 aliphatic rings. The van der Waals surface area contributed by atoms with Gasteiger partial charge in [0, 0.05) is 17.1 Å². The maximum atomic E-state index is 13.8. The van der Waals surface area contributed by atoms with E-state index in [1.165, 1.54) is 6.07 Å². The molecule has 0 aliphatic heterocycles. The number of amides is 2. The van der Waals surface area contributed by atoms with Crippen LogP contribution in [0.1, 0.15) is 31.4 Å². The Morgan fingerprint density at radius 3 is 2.42 bits per heavy atom. The Kier molecular flexibility index (Phi) is 7.07. The Morgan fingerprint density at radius 1 is 1.03 bits per heavy atom. The largest absolute Gasteiger partial charge is 0.433 e. The summed E-state index contributed by atoms with van der Waals surface area (Å²) in [5, 5.41) is 7.98. The van der Waals surface area contributed by atoms with Crippen LogP contribution < -0.4 is 16.0 Å². The molecule has 0 unspecified atom stereocenters. The van der Waals surface area contributed by atoms with Crippen LogP contribution in [-0.2, 0) is 15.8 Å². The number of thiol groups is 1. The van der Waals surface area contributed by atoms with Crippen LogP contribution in [0.4, 0.5) is 33.3 Å². The van der Waals surface area contributed by atoms with Crippen molar-refractivity contribution in [2.75, 3.05) is 10.6 Å². The molecular weight excluding hydrogens is 503 g/mol. The normalized spacial score (nSPS) is 20.1. The lowest BCUT2D eigenvalue weighted by atomic mass is 9.89. The van der Waals surface area contributed by atoms with Gasteiger partial charge in [0.2, 0.25) is 0 Å². The van der Waals surface area contributed by atoms with Crippen LogP contribution in [-0.4, -0.2) is 27.7 Å². The van der Waals surface area contributed by atoms with Crippen molar-refractivity contribution in [3.05, 3.63) is 65.9 Å². The third-order valence-corrected chi connectivity index (χ3v) is 6.36. The third-order valence-electron chi connectivity index (χ3n) is 5.84. The van der Waals surface area contributed by atoms with Crippen LogP contribution in [0.15, 0.2) is 48.5 Å². The summed E-state index contributed by atoms with van der Waals surface area (Å²) in [5.74, 6) is -4.42. The smallest absolute Gasteiger partial charge is 0.370 e. The molecule has 1 saturated carbocycles. The van der Waals surface area contributed by atoms with Gasteiger partial charge in [0.05, 0.1) is 10.4 Å². The molecule has 0 bridgehead atoms. The molecule has 6 nitrogen and oxygen atoms in total. The number of rotatable bonds is 4. The first-order valence-corrected chi connectivity index (χ1v) is 11.4. The van der Waals surface area contributed by atoms with E-state index in [9.17, 15) is 31.5 Å². The van der Waals surface area contributed by atoms with Gasteiger partial charge in [-0.25, -0.2) is 13.8 Å². The maximum Gasteiger partial charge on any atom is 0.433 e. The number of pyridine rings is 1. The standard InChI is InChI=1S/C24H21F5N4O2S/c25-15-7-3-8-16(26)20(15)32-22(35)21(34)30-13-5-4-10-23(36,12-13)33-18-11-19(24(27,28)29)31-17-9-2-1-6-14(17)18/h1-3,6-9,11,13,36H,4-5,10,12H2,(H,30,34)(H,31,33)(H,32,35)/t13-,23+/m1/s1. The van der Waals surface area contributed by atoms with Crippen molar-refractivity contribution >= 4 is 46.7 Å². The van der Waals surface area contributed by atoms with Gasteiger partial charge in [-0.2, -0.15) is 25.8 Å². The zero-order valence-electron chi connectivity index (χ0n) is 18.6. The van der Waals surface area contributed by atoms with E-state index < -0.39 is 51.9 Å². The highest BCUT2D eigenvalue weighted by Crippen LogP contribution is 2.39. The fourth-order valence-electron chi connectivity index (χ4n) is 4.20. The van der Waals surface area contributed by atoms with Gasteiger partial charge in [-0.05, 0) is 49.9 Å². The monoisotopic (exact) mass is 524 g/mol. The minimum Gasteiger partial charge on any atom is -0.370 e. The minimum absolute atomic E-state index is 0.157. The van der Waals surface area contributed by atoms with E-state index in [0.717, 1.165) is 24.3 Å². The number of aromatic nitrogens is 1. The lowest BCUT2D eigenvalue weighted by Crippen LogP contribution is -2.49. The lowest BCUT2D eigenvalue weighted by Gasteiger charge is -2.39. The Balaban J connectivity index is 1.49.